The SMILES string of the molecule is C=CCC(C)(C)O[Si](Cl)(OC)OC. The minimum atomic E-state index is -2.95. The number of hydrogen-bond donors (Lipinski definition) is 0. The lowest BCUT2D eigenvalue weighted by atomic mass is 10.1. The highest BCUT2D eigenvalue weighted by Gasteiger charge is 2.42. The fraction of sp³-hybridized carbons (Fsp3) is 0.750. The molecule has 0 aromatic rings. The lowest BCUT2D eigenvalue weighted by Crippen LogP contribution is -2.45. The summed E-state index contributed by atoms with van der Waals surface area (Å²) in [5.41, 5.74) is -0.401. The van der Waals surface area contributed by atoms with Gasteiger partial charge in [0.25, 0.3) is 0 Å². The van der Waals surface area contributed by atoms with Crippen molar-refractivity contribution in [1.82, 2.24) is 0 Å². The fourth-order valence-corrected chi connectivity index (χ4v) is 2.59. The first kappa shape index (κ1) is 13.1. The molecule has 0 aliphatic carbocycles. The van der Waals surface area contributed by atoms with E-state index in [0.717, 1.165) is 0 Å². The highest BCUT2D eigenvalue weighted by atomic mass is 35.6. The molecule has 0 aromatic carbocycles. The van der Waals surface area contributed by atoms with Gasteiger partial charge in [-0.2, -0.15) is 0 Å². The zero-order chi connectivity index (χ0) is 10.5. The molecule has 0 N–H and O–H groups in total. The molecule has 0 aliphatic heterocycles. The topological polar surface area (TPSA) is 27.7 Å². The summed E-state index contributed by atoms with van der Waals surface area (Å²) in [7, 11) is 0.0122. The Balaban J connectivity index is 4.29. The van der Waals surface area contributed by atoms with Crippen LogP contribution in [0, 0.1) is 0 Å². The van der Waals surface area contributed by atoms with Gasteiger partial charge in [0.05, 0.1) is 5.60 Å². The Morgan fingerprint density at radius 2 is 1.85 bits per heavy atom. The molecule has 0 amide bonds. The third kappa shape index (κ3) is 4.78. The zero-order valence-electron chi connectivity index (χ0n) is 8.59. The first-order valence-electron chi connectivity index (χ1n) is 3.99. The van der Waals surface area contributed by atoms with Crippen LogP contribution in [0.5, 0.6) is 0 Å². The second-order valence-electron chi connectivity index (χ2n) is 3.24. The lowest BCUT2D eigenvalue weighted by Gasteiger charge is -2.30. The van der Waals surface area contributed by atoms with Crippen LogP contribution in [0.1, 0.15) is 20.3 Å². The Kier molecular flexibility index (Phi) is 5.17. The smallest absolute Gasteiger partial charge is 0.365 e. The van der Waals surface area contributed by atoms with Crippen LogP contribution in [-0.4, -0.2) is 27.9 Å². The minimum Gasteiger partial charge on any atom is -0.365 e. The summed E-state index contributed by atoms with van der Waals surface area (Å²) in [4.78, 5) is 0. The van der Waals surface area contributed by atoms with Gasteiger partial charge in [-0.25, -0.2) is 0 Å². The average molecular weight is 225 g/mol. The van der Waals surface area contributed by atoms with Gasteiger partial charge in [-0.15, -0.1) is 6.58 Å². The molecule has 0 spiro atoms. The normalized spacial score (nSPS) is 13.0. The first-order valence-corrected chi connectivity index (χ1v) is 6.73. The summed E-state index contributed by atoms with van der Waals surface area (Å²) in [6.07, 6.45) is 2.47. The van der Waals surface area contributed by atoms with E-state index in [1.165, 1.54) is 14.2 Å². The molecule has 0 atom stereocenters. The maximum absolute atomic E-state index is 5.97. The summed E-state index contributed by atoms with van der Waals surface area (Å²) < 4.78 is 15.5. The first-order chi connectivity index (χ1) is 5.89. The number of rotatable bonds is 6. The molecule has 5 heteroatoms. The largest absolute Gasteiger partial charge is 0.613 e. The second-order valence-corrected chi connectivity index (χ2v) is 6.62. The molecule has 0 heterocycles. The van der Waals surface area contributed by atoms with Gasteiger partial charge >= 0.3 is 8.11 Å². The van der Waals surface area contributed by atoms with Gasteiger partial charge in [-0.3, -0.25) is 0 Å². The second kappa shape index (κ2) is 5.12. The van der Waals surface area contributed by atoms with E-state index in [1.54, 1.807) is 6.08 Å². The highest BCUT2D eigenvalue weighted by Crippen LogP contribution is 2.24. The van der Waals surface area contributed by atoms with Crippen molar-refractivity contribution in [2.75, 3.05) is 14.2 Å². The van der Waals surface area contributed by atoms with E-state index in [9.17, 15) is 0 Å². The van der Waals surface area contributed by atoms with Gasteiger partial charge in [-0.1, -0.05) is 17.2 Å². The third-order valence-corrected chi connectivity index (χ3v) is 4.45. The van der Waals surface area contributed by atoms with Gasteiger partial charge in [0.1, 0.15) is 0 Å². The fourth-order valence-electron chi connectivity index (χ4n) is 0.886. The summed E-state index contributed by atoms with van der Waals surface area (Å²) in [5, 5.41) is 0. The maximum atomic E-state index is 5.97. The van der Waals surface area contributed by atoms with Crippen molar-refractivity contribution in [1.29, 1.82) is 0 Å². The molecule has 0 aromatic heterocycles. The van der Waals surface area contributed by atoms with Crippen molar-refractivity contribution < 1.29 is 13.3 Å². The Hall–Kier alpha value is 0.127. The van der Waals surface area contributed by atoms with Crippen molar-refractivity contribution in [3.8, 4) is 0 Å². The quantitative estimate of drug-likeness (QED) is 0.394. The van der Waals surface area contributed by atoms with Crippen molar-refractivity contribution >= 4 is 19.2 Å². The molecule has 0 saturated carbocycles. The van der Waals surface area contributed by atoms with Crippen molar-refractivity contribution in [2.45, 2.75) is 25.9 Å². The van der Waals surface area contributed by atoms with Crippen LogP contribution in [0.3, 0.4) is 0 Å². The molecule has 0 radical (unpaired) electrons. The standard InChI is InChI=1S/C8H17ClO3Si/c1-6-7-8(2,3)12-13(9,10-4)11-5/h6H,1,7H2,2-5H3. The van der Waals surface area contributed by atoms with E-state index in [-0.39, 0.29) is 0 Å². The van der Waals surface area contributed by atoms with Crippen LogP contribution in [0.4, 0.5) is 0 Å². The van der Waals surface area contributed by atoms with Crippen LogP contribution in [0.25, 0.3) is 0 Å². The Bertz CT molecular complexity index is 169. The molecular weight excluding hydrogens is 208 g/mol. The number of halogens is 1. The third-order valence-electron chi connectivity index (χ3n) is 1.52. The predicted octanol–water partition coefficient (Wildman–Crippen LogP) is 2.32. The van der Waals surface area contributed by atoms with E-state index in [4.69, 9.17) is 24.4 Å². The van der Waals surface area contributed by atoms with Crippen molar-refractivity contribution in [3.63, 3.8) is 0 Å². The molecule has 3 nitrogen and oxygen atoms in total. The Labute approximate surface area is 85.7 Å². The molecular formula is C8H17ClO3Si. The van der Waals surface area contributed by atoms with E-state index >= 15 is 0 Å². The van der Waals surface area contributed by atoms with Crippen LogP contribution >= 0.6 is 11.1 Å². The highest BCUT2D eigenvalue weighted by molar-refractivity contribution is 7.09. The summed E-state index contributed by atoms with van der Waals surface area (Å²) >= 11 is 5.97. The van der Waals surface area contributed by atoms with Gasteiger partial charge in [-0.05, 0) is 20.3 Å². The Morgan fingerprint density at radius 3 is 2.15 bits per heavy atom. The lowest BCUT2D eigenvalue weighted by molar-refractivity contribution is 0.0233. The molecule has 13 heavy (non-hydrogen) atoms. The van der Waals surface area contributed by atoms with E-state index in [2.05, 4.69) is 6.58 Å². The van der Waals surface area contributed by atoms with E-state index in [0.29, 0.717) is 6.42 Å². The van der Waals surface area contributed by atoms with Crippen LogP contribution in [0.15, 0.2) is 12.7 Å². The molecule has 0 rings (SSSR count). The molecule has 0 aliphatic rings. The van der Waals surface area contributed by atoms with Gasteiger partial charge in [0.15, 0.2) is 0 Å². The van der Waals surface area contributed by atoms with Crippen molar-refractivity contribution in [3.05, 3.63) is 12.7 Å². The minimum absolute atomic E-state index is 0.401. The molecule has 78 valence electrons. The molecule has 0 saturated heterocycles. The van der Waals surface area contributed by atoms with Gasteiger partial charge < -0.3 is 13.3 Å². The molecule has 0 fully saturated rings. The van der Waals surface area contributed by atoms with E-state index in [1.807, 2.05) is 13.8 Å². The van der Waals surface area contributed by atoms with E-state index < -0.39 is 13.7 Å². The van der Waals surface area contributed by atoms with Crippen LogP contribution in [-0.2, 0) is 13.3 Å². The maximum Gasteiger partial charge on any atom is 0.613 e. The number of hydrogen-bond acceptors (Lipinski definition) is 3. The van der Waals surface area contributed by atoms with Gasteiger partial charge in [0.2, 0.25) is 0 Å². The monoisotopic (exact) mass is 224 g/mol. The van der Waals surface area contributed by atoms with Crippen LogP contribution < -0.4 is 0 Å². The zero-order valence-corrected chi connectivity index (χ0v) is 10.4. The Morgan fingerprint density at radius 1 is 1.38 bits per heavy atom. The van der Waals surface area contributed by atoms with Gasteiger partial charge in [0, 0.05) is 14.2 Å². The summed E-state index contributed by atoms with van der Waals surface area (Å²) in [6, 6.07) is 0. The van der Waals surface area contributed by atoms with Crippen LogP contribution in [0.2, 0.25) is 0 Å². The van der Waals surface area contributed by atoms with Crippen molar-refractivity contribution in [2.24, 2.45) is 0 Å². The summed E-state index contributed by atoms with van der Waals surface area (Å²) in [5.74, 6) is 0. The molecule has 0 unspecified atom stereocenters. The predicted molar refractivity (Wildman–Crippen MR) is 55.6 cm³/mol. The molecule has 0 bridgehead atoms. The average Bonchev–Trinajstić information content (AvgIpc) is 2.03. The summed E-state index contributed by atoms with van der Waals surface area (Å²) in [6.45, 7) is 7.47.